The Morgan fingerprint density at radius 3 is 2.79 bits per heavy atom. The Balaban J connectivity index is 1.49. The molecule has 0 aliphatic heterocycles. The third kappa shape index (κ3) is 6.07. The normalized spacial score (nSPS) is 30.2. The van der Waals surface area contributed by atoms with Crippen LogP contribution in [-0.4, -0.2) is 56.5 Å². The fraction of sp³-hybridized carbons (Fsp3) is 0.609. The largest absolute Gasteiger partial charge is 0.508 e. The zero-order valence-electron chi connectivity index (χ0n) is 16.9. The molecule has 0 bridgehead atoms. The van der Waals surface area contributed by atoms with Gasteiger partial charge in [0, 0.05) is 31.3 Å². The molecule has 6 heteroatoms. The highest BCUT2D eigenvalue weighted by Crippen LogP contribution is 2.41. The van der Waals surface area contributed by atoms with Crippen LogP contribution >= 0.6 is 11.8 Å². The molecule has 0 heterocycles. The molecule has 2 fully saturated rings. The highest BCUT2D eigenvalue weighted by atomic mass is 32.2. The van der Waals surface area contributed by atoms with Crippen molar-refractivity contribution in [1.82, 2.24) is 0 Å². The molecular weight excluding hydrogens is 388 g/mol. The number of aliphatic hydroxyl groups excluding tert-OH is 3. The van der Waals surface area contributed by atoms with Crippen molar-refractivity contribution in [2.45, 2.75) is 44.8 Å². The first kappa shape index (κ1) is 22.3. The first-order valence-electron chi connectivity index (χ1n) is 10.4. The summed E-state index contributed by atoms with van der Waals surface area (Å²) in [6.07, 6.45) is 4.56. The van der Waals surface area contributed by atoms with Crippen molar-refractivity contribution in [3.05, 3.63) is 41.5 Å². The van der Waals surface area contributed by atoms with Gasteiger partial charge in [-0.25, -0.2) is 0 Å². The zero-order chi connectivity index (χ0) is 21.0. The summed E-state index contributed by atoms with van der Waals surface area (Å²) < 4.78 is 0. The van der Waals surface area contributed by atoms with E-state index < -0.39 is 12.2 Å². The van der Waals surface area contributed by atoms with Gasteiger partial charge < -0.3 is 20.4 Å². The van der Waals surface area contributed by atoms with Gasteiger partial charge in [0.05, 0.1) is 12.2 Å². The summed E-state index contributed by atoms with van der Waals surface area (Å²) in [5, 5.41) is 39.4. The predicted octanol–water partition coefficient (Wildman–Crippen LogP) is 2.48. The Bertz CT molecular complexity index is 734. The molecule has 1 aromatic rings. The molecule has 4 N–H and O–H groups in total. The number of thioether (sulfide) groups is 1. The Kier molecular flexibility index (Phi) is 7.79. The quantitative estimate of drug-likeness (QED) is 0.343. The van der Waals surface area contributed by atoms with Gasteiger partial charge in [0.25, 0.3) is 0 Å². The van der Waals surface area contributed by atoms with Crippen LogP contribution in [0.5, 0.6) is 5.75 Å². The Labute approximate surface area is 176 Å². The molecule has 2 unspecified atom stereocenters. The molecule has 5 nitrogen and oxygen atoms in total. The van der Waals surface area contributed by atoms with E-state index in [1.165, 1.54) is 0 Å². The molecule has 0 amide bonds. The summed E-state index contributed by atoms with van der Waals surface area (Å²) in [4.78, 5) is 12.3. The number of ketones is 1. The number of carbonyl (C=O) groups excluding carboxylic acids is 1. The van der Waals surface area contributed by atoms with E-state index in [4.69, 9.17) is 5.11 Å². The molecule has 2 saturated carbocycles. The van der Waals surface area contributed by atoms with Crippen molar-refractivity contribution in [1.29, 1.82) is 0 Å². The van der Waals surface area contributed by atoms with Crippen LogP contribution in [0.1, 0.15) is 30.4 Å². The smallest absolute Gasteiger partial charge is 0.139 e. The summed E-state index contributed by atoms with van der Waals surface area (Å²) in [5.41, 5.74) is 1.69. The van der Waals surface area contributed by atoms with Crippen molar-refractivity contribution in [2.24, 2.45) is 23.7 Å². The van der Waals surface area contributed by atoms with Gasteiger partial charge in [-0.3, -0.25) is 4.79 Å². The van der Waals surface area contributed by atoms with Crippen molar-refractivity contribution >= 4 is 17.5 Å². The molecule has 0 aromatic heterocycles. The molecule has 29 heavy (non-hydrogen) atoms. The summed E-state index contributed by atoms with van der Waals surface area (Å²) in [6.45, 7) is 2.09. The SMILES string of the molecule is Cc1cc(C[C@H](O)/C=C/[C@H]2[C@H](O)CC(=O)[C@@H]2CCSCC2CC2CO)ccc1O. The van der Waals surface area contributed by atoms with Crippen molar-refractivity contribution in [3.63, 3.8) is 0 Å². The van der Waals surface area contributed by atoms with Crippen LogP contribution in [0.3, 0.4) is 0 Å². The van der Waals surface area contributed by atoms with E-state index in [9.17, 15) is 20.1 Å². The lowest BCUT2D eigenvalue weighted by molar-refractivity contribution is -0.121. The molecule has 0 radical (unpaired) electrons. The standard InChI is InChI=1S/C23H32O5S/c1-14-8-15(2-5-21(14)26)9-18(25)3-4-19-20(23(28)11-22(19)27)6-7-29-13-17-10-16(17)12-24/h2-5,8,16-20,22,24-27H,6-7,9-13H2,1H3/b4-3+/t16?,17?,18-,19-,20-,22-/m1/s1. The second-order valence-corrected chi connectivity index (χ2v) is 9.65. The summed E-state index contributed by atoms with van der Waals surface area (Å²) in [5.74, 6) is 2.89. The molecule has 1 aromatic carbocycles. The number of aliphatic hydroxyl groups is 3. The van der Waals surface area contributed by atoms with Crippen LogP contribution in [0.4, 0.5) is 0 Å². The number of aryl methyl sites for hydroxylation is 1. The zero-order valence-corrected chi connectivity index (χ0v) is 17.7. The molecule has 0 saturated heterocycles. The van der Waals surface area contributed by atoms with E-state index in [0.29, 0.717) is 18.3 Å². The van der Waals surface area contributed by atoms with Gasteiger partial charge in [0.15, 0.2) is 0 Å². The minimum Gasteiger partial charge on any atom is -0.508 e. The van der Waals surface area contributed by atoms with Gasteiger partial charge in [-0.15, -0.1) is 0 Å². The Morgan fingerprint density at radius 2 is 2.10 bits per heavy atom. The molecular formula is C23H32O5S. The fourth-order valence-corrected chi connectivity index (χ4v) is 5.48. The lowest BCUT2D eigenvalue weighted by Gasteiger charge is -2.18. The monoisotopic (exact) mass is 420 g/mol. The van der Waals surface area contributed by atoms with Crippen LogP contribution in [0.25, 0.3) is 0 Å². The van der Waals surface area contributed by atoms with Crippen LogP contribution in [-0.2, 0) is 11.2 Å². The number of Topliss-reactive ketones (excluding diaryl/α,β-unsaturated/α-hetero) is 1. The van der Waals surface area contributed by atoms with Crippen LogP contribution < -0.4 is 0 Å². The van der Waals surface area contributed by atoms with Crippen LogP contribution in [0.15, 0.2) is 30.4 Å². The van der Waals surface area contributed by atoms with E-state index in [2.05, 4.69) is 0 Å². The maximum absolute atomic E-state index is 12.3. The topological polar surface area (TPSA) is 98.0 Å². The third-order valence-corrected chi connectivity index (χ3v) is 7.39. The average Bonchev–Trinajstić information content (AvgIpc) is 3.38. The van der Waals surface area contributed by atoms with Crippen molar-refractivity contribution in [3.8, 4) is 5.75 Å². The van der Waals surface area contributed by atoms with Gasteiger partial charge in [0.1, 0.15) is 11.5 Å². The second-order valence-electron chi connectivity index (χ2n) is 8.50. The number of hydrogen-bond donors (Lipinski definition) is 4. The number of phenols is 1. The van der Waals surface area contributed by atoms with E-state index in [-0.39, 0.29) is 36.4 Å². The highest BCUT2D eigenvalue weighted by Gasteiger charge is 2.40. The van der Waals surface area contributed by atoms with Gasteiger partial charge in [-0.2, -0.15) is 11.8 Å². The minimum absolute atomic E-state index is 0.107. The average molecular weight is 421 g/mol. The Morgan fingerprint density at radius 1 is 1.31 bits per heavy atom. The maximum atomic E-state index is 12.3. The minimum atomic E-state index is -0.706. The van der Waals surface area contributed by atoms with Gasteiger partial charge in [0.2, 0.25) is 0 Å². The summed E-state index contributed by atoms with van der Waals surface area (Å²) in [7, 11) is 0. The number of hydrogen-bond acceptors (Lipinski definition) is 6. The van der Waals surface area contributed by atoms with Crippen molar-refractivity contribution in [2.75, 3.05) is 18.1 Å². The molecule has 160 valence electrons. The van der Waals surface area contributed by atoms with E-state index >= 15 is 0 Å². The first-order valence-corrected chi connectivity index (χ1v) is 11.6. The molecule has 6 atom stereocenters. The van der Waals surface area contributed by atoms with Crippen LogP contribution in [0.2, 0.25) is 0 Å². The first-order chi connectivity index (χ1) is 13.9. The predicted molar refractivity (Wildman–Crippen MR) is 115 cm³/mol. The summed E-state index contributed by atoms with van der Waals surface area (Å²) in [6, 6.07) is 5.26. The van der Waals surface area contributed by atoms with Gasteiger partial charge in [-0.05, 0) is 60.3 Å². The fourth-order valence-electron chi connectivity index (χ4n) is 4.19. The summed E-state index contributed by atoms with van der Waals surface area (Å²) >= 11 is 1.82. The number of phenolic OH excluding ortho intramolecular Hbond substituents is 1. The number of aromatic hydroxyl groups is 1. The molecule has 3 rings (SSSR count). The van der Waals surface area contributed by atoms with Gasteiger partial charge in [-0.1, -0.05) is 24.3 Å². The lowest BCUT2D eigenvalue weighted by Crippen LogP contribution is -2.20. The second kappa shape index (κ2) is 10.1. The molecule has 2 aliphatic rings. The van der Waals surface area contributed by atoms with E-state index in [1.54, 1.807) is 18.2 Å². The van der Waals surface area contributed by atoms with Crippen molar-refractivity contribution < 1.29 is 25.2 Å². The number of carbonyl (C=O) groups is 1. The van der Waals surface area contributed by atoms with E-state index in [0.717, 1.165) is 35.5 Å². The molecule has 0 spiro atoms. The van der Waals surface area contributed by atoms with E-state index in [1.807, 2.05) is 30.8 Å². The molecule has 2 aliphatic carbocycles. The number of benzene rings is 1. The number of rotatable bonds is 10. The van der Waals surface area contributed by atoms with Crippen LogP contribution in [0, 0.1) is 30.6 Å². The third-order valence-electron chi connectivity index (χ3n) is 6.20. The highest BCUT2D eigenvalue weighted by molar-refractivity contribution is 7.99. The maximum Gasteiger partial charge on any atom is 0.139 e. The van der Waals surface area contributed by atoms with Gasteiger partial charge >= 0.3 is 0 Å². The lowest BCUT2D eigenvalue weighted by atomic mass is 9.91. The Hall–Kier alpha value is -1.34.